The third-order valence-corrected chi connectivity index (χ3v) is 6.73. The molecule has 0 bridgehead atoms. The highest BCUT2D eigenvalue weighted by molar-refractivity contribution is 6.22. The van der Waals surface area contributed by atoms with E-state index in [2.05, 4.69) is 0 Å². The number of aromatic hydroxyl groups is 1. The number of aliphatic hydroxyl groups is 4. The molecule has 4 aromatic rings. The highest BCUT2D eigenvalue weighted by Crippen LogP contribution is 2.61. The van der Waals surface area contributed by atoms with Crippen molar-refractivity contribution in [2.24, 2.45) is 0 Å². The Balaban J connectivity index is 1.54. The third kappa shape index (κ3) is 1.99. The maximum Gasteiger partial charge on any atom is 0.344 e. The van der Waals surface area contributed by atoms with Gasteiger partial charge in [-0.1, -0.05) is 0 Å². The second-order valence-corrected chi connectivity index (χ2v) is 8.40. The number of phenolic OH excluding ortho intramolecular Hbond substituents is 1. The van der Waals surface area contributed by atoms with E-state index >= 15 is 0 Å². The Bertz CT molecular complexity index is 1650. The van der Waals surface area contributed by atoms with Gasteiger partial charge in [0.05, 0.1) is 17.4 Å². The molecule has 34 heavy (non-hydrogen) atoms. The van der Waals surface area contributed by atoms with Crippen molar-refractivity contribution in [3.8, 4) is 23.0 Å². The van der Waals surface area contributed by atoms with Crippen LogP contribution in [0, 0.1) is 0 Å². The number of hydrogen-bond donors (Lipinski definition) is 5. The highest BCUT2D eigenvalue weighted by Gasteiger charge is 2.90. The van der Waals surface area contributed by atoms with E-state index in [4.69, 9.17) is 27.8 Å². The largest absolute Gasteiger partial charge is 0.504 e. The molecule has 1 saturated carbocycles. The van der Waals surface area contributed by atoms with Crippen LogP contribution in [-0.4, -0.2) is 68.6 Å². The minimum atomic E-state index is -2.33. The molecule has 5 unspecified atom stereocenters. The smallest absolute Gasteiger partial charge is 0.344 e. The molecule has 176 valence electrons. The van der Waals surface area contributed by atoms with Crippen LogP contribution in [0.5, 0.6) is 23.0 Å². The summed E-state index contributed by atoms with van der Waals surface area (Å²) >= 11 is 0. The normalized spacial score (nSPS) is 31.6. The molecule has 1 saturated heterocycles. The van der Waals surface area contributed by atoms with Crippen molar-refractivity contribution < 1.29 is 53.3 Å². The van der Waals surface area contributed by atoms with Crippen LogP contribution in [0.3, 0.4) is 0 Å². The fraction of sp³-hybridized carbons (Fsp3) is 0.333. The van der Waals surface area contributed by atoms with Gasteiger partial charge in [-0.15, -0.1) is 0 Å². The second-order valence-electron chi connectivity index (χ2n) is 8.40. The van der Waals surface area contributed by atoms with Crippen LogP contribution in [0.4, 0.5) is 0 Å². The minimum Gasteiger partial charge on any atom is -0.504 e. The van der Waals surface area contributed by atoms with E-state index in [0.717, 1.165) is 6.07 Å². The van der Waals surface area contributed by atoms with Gasteiger partial charge in [0.1, 0.15) is 12.2 Å². The van der Waals surface area contributed by atoms with E-state index in [1.54, 1.807) is 0 Å². The van der Waals surface area contributed by atoms with Gasteiger partial charge in [-0.25, -0.2) is 9.59 Å². The van der Waals surface area contributed by atoms with Gasteiger partial charge in [-0.3, -0.25) is 0 Å². The summed E-state index contributed by atoms with van der Waals surface area (Å²) in [6.07, 6.45) is -4.77. The number of aliphatic hydroxyl groups excluding tert-OH is 3. The average Bonchev–Trinajstić information content (AvgIpc) is 3.15. The van der Waals surface area contributed by atoms with Crippen molar-refractivity contribution in [3.63, 3.8) is 0 Å². The minimum absolute atomic E-state index is 0.00569. The summed E-state index contributed by atoms with van der Waals surface area (Å²) in [6, 6.07) is 2.37. The zero-order chi connectivity index (χ0) is 23.7. The van der Waals surface area contributed by atoms with Crippen LogP contribution < -0.4 is 25.5 Å². The molecule has 5 N–H and O–H groups in total. The average molecular weight is 474 g/mol. The SMILES string of the molecule is O=c1oc2c3c(cc4c(=O)oc5c(OC67OC(CO)C(O)C6(O)C7O)c(O)cc1c5c24)OCO3. The maximum absolute atomic E-state index is 12.9. The topological polar surface area (TPSA) is 198 Å². The fourth-order valence-electron chi connectivity index (χ4n) is 5.01. The molecule has 13 nitrogen and oxygen atoms in total. The zero-order valence-corrected chi connectivity index (χ0v) is 16.8. The van der Waals surface area contributed by atoms with Crippen LogP contribution in [0.2, 0.25) is 0 Å². The van der Waals surface area contributed by atoms with Crippen molar-refractivity contribution in [2.45, 2.75) is 29.7 Å². The summed E-state index contributed by atoms with van der Waals surface area (Å²) in [5.41, 5.74) is -4.59. The van der Waals surface area contributed by atoms with Gasteiger partial charge in [-0.2, -0.15) is 0 Å². The summed E-state index contributed by atoms with van der Waals surface area (Å²) in [7, 11) is 0. The Morgan fingerprint density at radius 1 is 1.03 bits per heavy atom. The first kappa shape index (κ1) is 19.8. The summed E-state index contributed by atoms with van der Waals surface area (Å²) in [5.74, 6) is -3.24. The molecular formula is C21H14O13. The third-order valence-electron chi connectivity index (χ3n) is 6.73. The molecule has 0 amide bonds. The van der Waals surface area contributed by atoms with Crippen molar-refractivity contribution in [2.75, 3.05) is 13.4 Å². The van der Waals surface area contributed by atoms with Crippen molar-refractivity contribution in [1.29, 1.82) is 0 Å². The van der Waals surface area contributed by atoms with Crippen LogP contribution in [0.1, 0.15) is 0 Å². The molecule has 0 spiro atoms. The molecule has 4 heterocycles. The molecule has 2 aliphatic heterocycles. The van der Waals surface area contributed by atoms with Gasteiger partial charge >= 0.3 is 11.3 Å². The van der Waals surface area contributed by atoms with Gasteiger partial charge in [0.15, 0.2) is 34.4 Å². The van der Waals surface area contributed by atoms with Crippen molar-refractivity contribution in [3.05, 3.63) is 33.0 Å². The number of hydrogen-bond acceptors (Lipinski definition) is 13. The quantitative estimate of drug-likeness (QED) is 0.176. The van der Waals surface area contributed by atoms with Gasteiger partial charge in [-0.05, 0) is 12.1 Å². The molecule has 5 atom stereocenters. The van der Waals surface area contributed by atoms with Crippen LogP contribution >= 0.6 is 0 Å². The second kappa shape index (κ2) is 5.89. The number of phenols is 1. The Hall–Kier alpha value is -3.62. The first-order valence-electron chi connectivity index (χ1n) is 10.1. The molecule has 2 aromatic heterocycles. The van der Waals surface area contributed by atoms with Gasteiger partial charge in [0.2, 0.25) is 18.3 Å². The standard InChI is InChI=1S/C21H14O13/c22-3-9-16(24)20(28)19(27)21(20,33-9)34-12-7(23)1-5-10-11-6(18(26)31-14(10)12)2-8-13(30-4-29-8)15(11)32-17(5)25/h1-2,9,16,19,22-24,27-28H,3-4H2. The van der Waals surface area contributed by atoms with Crippen molar-refractivity contribution in [1.82, 2.24) is 0 Å². The molecule has 3 aliphatic rings. The lowest BCUT2D eigenvalue weighted by molar-refractivity contribution is -0.163. The van der Waals surface area contributed by atoms with Gasteiger partial charge in [0.25, 0.3) is 5.79 Å². The molecular weight excluding hydrogens is 460 g/mol. The molecule has 1 aliphatic carbocycles. The Morgan fingerprint density at radius 3 is 2.44 bits per heavy atom. The van der Waals surface area contributed by atoms with E-state index < -0.39 is 64.6 Å². The highest BCUT2D eigenvalue weighted by atomic mass is 16.8. The lowest BCUT2D eigenvalue weighted by atomic mass is 10.0. The predicted octanol–water partition coefficient (Wildman–Crippen LogP) is -1.14. The number of benzene rings is 2. The molecule has 0 radical (unpaired) electrons. The van der Waals surface area contributed by atoms with Crippen molar-refractivity contribution >= 4 is 32.7 Å². The lowest BCUT2D eigenvalue weighted by Gasteiger charge is -2.21. The monoisotopic (exact) mass is 474 g/mol. The molecule has 13 heteroatoms. The number of rotatable bonds is 3. The first-order valence-corrected chi connectivity index (χ1v) is 10.1. The van der Waals surface area contributed by atoms with Crippen LogP contribution in [0.25, 0.3) is 32.7 Å². The number of fused-ring (bicyclic) bond motifs is 3. The predicted molar refractivity (Wildman–Crippen MR) is 107 cm³/mol. The van der Waals surface area contributed by atoms with E-state index in [1.165, 1.54) is 6.07 Å². The summed E-state index contributed by atoms with van der Waals surface area (Å²) < 4.78 is 32.5. The van der Waals surface area contributed by atoms with E-state index in [0.29, 0.717) is 0 Å². The summed E-state index contributed by atoms with van der Waals surface area (Å²) in [4.78, 5) is 25.6. The fourth-order valence-corrected chi connectivity index (χ4v) is 5.01. The van der Waals surface area contributed by atoms with Gasteiger partial charge < -0.3 is 53.3 Å². The molecule has 7 rings (SSSR count). The van der Waals surface area contributed by atoms with Gasteiger partial charge in [0, 0.05) is 10.8 Å². The zero-order valence-electron chi connectivity index (χ0n) is 16.8. The van der Waals surface area contributed by atoms with E-state index in [-0.39, 0.29) is 45.4 Å². The van der Waals surface area contributed by atoms with E-state index in [9.17, 15) is 35.1 Å². The Labute approximate surface area is 185 Å². The maximum atomic E-state index is 12.9. The number of ether oxygens (including phenoxy) is 4. The lowest BCUT2D eigenvalue weighted by Crippen LogP contribution is -2.40. The molecule has 2 fully saturated rings. The summed E-state index contributed by atoms with van der Waals surface area (Å²) in [5, 5.41) is 51.4. The molecule has 2 aromatic carbocycles. The Kier molecular flexibility index (Phi) is 3.43. The summed E-state index contributed by atoms with van der Waals surface area (Å²) in [6.45, 7) is -0.860. The van der Waals surface area contributed by atoms with Crippen LogP contribution in [-0.2, 0) is 4.74 Å². The van der Waals surface area contributed by atoms with E-state index in [1.807, 2.05) is 0 Å². The van der Waals surface area contributed by atoms with Crippen LogP contribution in [0.15, 0.2) is 30.6 Å². The first-order chi connectivity index (χ1) is 16.2. The Morgan fingerprint density at radius 2 is 1.71 bits per heavy atom.